The number of oxazole rings is 1. The van der Waals surface area contributed by atoms with Gasteiger partial charge in [0.1, 0.15) is 11.3 Å². The molecule has 1 aromatic heterocycles. The molecule has 1 aromatic carbocycles. The summed E-state index contributed by atoms with van der Waals surface area (Å²) < 4.78 is 18.6. The van der Waals surface area contributed by atoms with E-state index >= 15 is 0 Å². The van der Waals surface area contributed by atoms with Gasteiger partial charge in [-0.3, -0.25) is 4.79 Å². The van der Waals surface area contributed by atoms with Crippen LogP contribution in [0.4, 0.5) is 4.39 Å². The number of halogens is 1. The summed E-state index contributed by atoms with van der Waals surface area (Å²) in [7, 11) is 0. The number of hydrogen-bond donors (Lipinski definition) is 1. The highest BCUT2D eigenvalue weighted by Gasteiger charge is 2.41. The first kappa shape index (κ1) is 13.1. The quantitative estimate of drug-likeness (QED) is 0.932. The van der Waals surface area contributed by atoms with Crippen LogP contribution in [0.2, 0.25) is 0 Å². The number of carboxylic acids is 1. The number of hydrogen-bond acceptors (Lipinski definition) is 3. The van der Waals surface area contributed by atoms with Crippen molar-refractivity contribution in [1.82, 2.24) is 4.98 Å². The zero-order valence-corrected chi connectivity index (χ0v) is 11.1. The summed E-state index contributed by atoms with van der Waals surface area (Å²) in [4.78, 5) is 15.9. The fraction of sp³-hybridized carbons (Fsp3) is 0.467. The fourth-order valence-corrected chi connectivity index (χ4v) is 3.01. The molecule has 5 heteroatoms. The predicted octanol–water partition coefficient (Wildman–Crippen LogP) is 3.54. The van der Waals surface area contributed by atoms with E-state index in [2.05, 4.69) is 4.98 Å². The average molecular weight is 277 g/mol. The summed E-state index contributed by atoms with van der Waals surface area (Å²) in [5.41, 5.74) is 0.159. The Labute approximate surface area is 115 Å². The molecule has 0 spiro atoms. The van der Waals surface area contributed by atoms with Crippen LogP contribution in [-0.4, -0.2) is 16.1 Å². The summed E-state index contributed by atoms with van der Waals surface area (Å²) in [5, 5.41) is 9.54. The van der Waals surface area contributed by atoms with Crippen LogP contribution in [0.1, 0.15) is 38.0 Å². The molecule has 106 valence electrons. The topological polar surface area (TPSA) is 63.3 Å². The molecule has 2 aromatic rings. The molecule has 0 bridgehead atoms. The number of benzene rings is 1. The summed E-state index contributed by atoms with van der Waals surface area (Å²) in [6.07, 6.45) is 4.49. The monoisotopic (exact) mass is 277 g/mol. The van der Waals surface area contributed by atoms with E-state index in [1.165, 1.54) is 12.1 Å². The maximum absolute atomic E-state index is 13.1. The van der Waals surface area contributed by atoms with Crippen LogP contribution >= 0.6 is 0 Å². The highest BCUT2D eigenvalue weighted by atomic mass is 19.1. The molecule has 0 radical (unpaired) electrons. The lowest BCUT2D eigenvalue weighted by molar-refractivity contribution is -0.151. The van der Waals surface area contributed by atoms with Gasteiger partial charge in [0.25, 0.3) is 0 Å². The highest BCUT2D eigenvalue weighted by Crippen LogP contribution is 2.39. The SMILES string of the molecule is O=C(O)C1(Cc2nc3ccc(F)cc3o2)CCCCC1. The van der Waals surface area contributed by atoms with E-state index in [0.29, 0.717) is 29.8 Å². The van der Waals surface area contributed by atoms with Crippen LogP contribution in [0, 0.1) is 11.2 Å². The predicted molar refractivity (Wildman–Crippen MR) is 70.8 cm³/mol. The number of fused-ring (bicyclic) bond motifs is 1. The zero-order chi connectivity index (χ0) is 14.2. The number of carboxylic acid groups (broad SMARTS) is 1. The Morgan fingerprint density at radius 1 is 1.35 bits per heavy atom. The van der Waals surface area contributed by atoms with Gasteiger partial charge >= 0.3 is 5.97 Å². The summed E-state index contributed by atoms with van der Waals surface area (Å²) in [6.45, 7) is 0. The van der Waals surface area contributed by atoms with Crippen molar-refractivity contribution in [3.8, 4) is 0 Å². The van der Waals surface area contributed by atoms with E-state index in [-0.39, 0.29) is 12.2 Å². The van der Waals surface area contributed by atoms with E-state index in [4.69, 9.17) is 4.42 Å². The Balaban J connectivity index is 1.92. The summed E-state index contributed by atoms with van der Waals surface area (Å²) >= 11 is 0. The summed E-state index contributed by atoms with van der Waals surface area (Å²) in [5.74, 6) is -0.786. The van der Waals surface area contributed by atoms with Crippen molar-refractivity contribution in [3.05, 3.63) is 29.9 Å². The minimum Gasteiger partial charge on any atom is -0.481 e. The molecule has 0 atom stereocenters. The molecule has 20 heavy (non-hydrogen) atoms. The molecular weight excluding hydrogens is 261 g/mol. The smallest absolute Gasteiger partial charge is 0.310 e. The lowest BCUT2D eigenvalue weighted by atomic mass is 9.72. The van der Waals surface area contributed by atoms with Gasteiger partial charge in [-0.15, -0.1) is 0 Å². The first-order valence-corrected chi connectivity index (χ1v) is 6.87. The van der Waals surface area contributed by atoms with E-state index in [0.717, 1.165) is 19.3 Å². The Morgan fingerprint density at radius 2 is 2.10 bits per heavy atom. The molecule has 0 aliphatic heterocycles. The van der Waals surface area contributed by atoms with Gasteiger partial charge in [0, 0.05) is 12.5 Å². The second-order valence-corrected chi connectivity index (χ2v) is 5.54. The molecule has 3 rings (SSSR count). The van der Waals surface area contributed by atoms with Crippen molar-refractivity contribution in [1.29, 1.82) is 0 Å². The second-order valence-electron chi connectivity index (χ2n) is 5.54. The van der Waals surface area contributed by atoms with Crippen LogP contribution in [0.5, 0.6) is 0 Å². The normalized spacial score (nSPS) is 18.2. The first-order valence-electron chi connectivity index (χ1n) is 6.87. The van der Waals surface area contributed by atoms with E-state index in [1.54, 1.807) is 6.07 Å². The lowest BCUT2D eigenvalue weighted by Gasteiger charge is -2.31. The van der Waals surface area contributed by atoms with Gasteiger partial charge in [0.2, 0.25) is 0 Å². The van der Waals surface area contributed by atoms with Gasteiger partial charge in [-0.25, -0.2) is 9.37 Å². The molecule has 4 nitrogen and oxygen atoms in total. The van der Waals surface area contributed by atoms with Crippen LogP contribution in [0.15, 0.2) is 22.6 Å². The number of aliphatic carboxylic acids is 1. The van der Waals surface area contributed by atoms with Gasteiger partial charge in [0.05, 0.1) is 5.41 Å². The highest BCUT2D eigenvalue weighted by molar-refractivity contribution is 5.76. The Morgan fingerprint density at radius 3 is 2.80 bits per heavy atom. The molecule has 1 N–H and O–H groups in total. The minimum atomic E-state index is -0.786. The molecule has 1 saturated carbocycles. The third-order valence-corrected chi connectivity index (χ3v) is 4.15. The van der Waals surface area contributed by atoms with E-state index < -0.39 is 11.4 Å². The van der Waals surface area contributed by atoms with Gasteiger partial charge in [-0.05, 0) is 25.0 Å². The van der Waals surface area contributed by atoms with Crippen LogP contribution in [0.3, 0.4) is 0 Å². The van der Waals surface area contributed by atoms with Gasteiger partial charge in [-0.1, -0.05) is 19.3 Å². The molecule has 0 saturated heterocycles. The third-order valence-electron chi connectivity index (χ3n) is 4.15. The van der Waals surface area contributed by atoms with Crippen LogP contribution in [-0.2, 0) is 11.2 Å². The van der Waals surface area contributed by atoms with Crippen LogP contribution in [0.25, 0.3) is 11.1 Å². The molecule has 1 heterocycles. The molecule has 1 aliphatic carbocycles. The largest absolute Gasteiger partial charge is 0.481 e. The Bertz CT molecular complexity index is 644. The first-order chi connectivity index (χ1) is 9.59. The molecule has 0 amide bonds. The van der Waals surface area contributed by atoms with Gasteiger partial charge in [-0.2, -0.15) is 0 Å². The minimum absolute atomic E-state index is 0.276. The van der Waals surface area contributed by atoms with Crippen molar-refractivity contribution < 1.29 is 18.7 Å². The van der Waals surface area contributed by atoms with Gasteiger partial charge < -0.3 is 9.52 Å². The van der Waals surface area contributed by atoms with Crippen molar-refractivity contribution in [3.63, 3.8) is 0 Å². The van der Waals surface area contributed by atoms with Crippen molar-refractivity contribution in [2.75, 3.05) is 0 Å². The molecule has 0 unspecified atom stereocenters. The maximum Gasteiger partial charge on any atom is 0.310 e. The van der Waals surface area contributed by atoms with Gasteiger partial charge in [0.15, 0.2) is 11.5 Å². The second kappa shape index (κ2) is 4.89. The van der Waals surface area contributed by atoms with E-state index in [1.807, 2.05) is 0 Å². The Hall–Kier alpha value is -1.91. The zero-order valence-electron chi connectivity index (χ0n) is 11.1. The Kier molecular flexibility index (Phi) is 3.20. The van der Waals surface area contributed by atoms with Crippen molar-refractivity contribution in [2.45, 2.75) is 38.5 Å². The fourth-order valence-electron chi connectivity index (χ4n) is 3.01. The van der Waals surface area contributed by atoms with Crippen molar-refractivity contribution >= 4 is 17.1 Å². The third kappa shape index (κ3) is 2.28. The summed E-state index contributed by atoms with van der Waals surface area (Å²) in [6, 6.07) is 4.15. The number of carbonyl (C=O) groups is 1. The van der Waals surface area contributed by atoms with Crippen molar-refractivity contribution in [2.24, 2.45) is 5.41 Å². The molecular formula is C15H16FNO3. The lowest BCUT2D eigenvalue weighted by Crippen LogP contribution is -2.35. The van der Waals surface area contributed by atoms with E-state index in [9.17, 15) is 14.3 Å². The number of aromatic nitrogens is 1. The average Bonchev–Trinajstić information content (AvgIpc) is 2.80. The maximum atomic E-state index is 13.1. The number of rotatable bonds is 3. The standard InChI is InChI=1S/C15H16FNO3/c16-10-4-5-11-12(8-10)20-13(17-11)9-15(14(18)19)6-2-1-3-7-15/h4-5,8H,1-3,6-7,9H2,(H,18,19). The molecule has 1 aliphatic rings. The van der Waals surface area contributed by atoms with Crippen LogP contribution < -0.4 is 0 Å². The number of nitrogens with zero attached hydrogens (tertiary/aromatic N) is 1. The molecule has 1 fully saturated rings.